The number of aromatic nitrogens is 8. The quantitative estimate of drug-likeness (QED) is 0.0285. The average molecular weight is 1900 g/mol. The lowest BCUT2D eigenvalue weighted by molar-refractivity contribution is -0.140. The summed E-state index contributed by atoms with van der Waals surface area (Å²) in [5.74, 6) is 2.60. The number of rotatable bonds is 22. The number of hydrogen-bond acceptors (Lipinski definition) is 22. The first kappa shape index (κ1) is 98.9. The highest BCUT2D eigenvalue weighted by molar-refractivity contribution is 6.09. The Balaban J connectivity index is 0.000000183. The number of nitrogens with one attached hydrogen (secondary N) is 8. The van der Waals surface area contributed by atoms with E-state index in [2.05, 4.69) is 119 Å². The van der Waals surface area contributed by atoms with Crippen molar-refractivity contribution in [3.8, 4) is 56.3 Å². The van der Waals surface area contributed by atoms with Gasteiger partial charge in [-0.1, -0.05) is 132 Å². The highest BCUT2D eigenvalue weighted by Crippen LogP contribution is 2.48. The molecule has 8 amide bonds. The molecule has 35 nitrogen and oxygen atoms in total. The fraction of sp³-hybridized carbons (Fsp3) is 0.413. The highest BCUT2D eigenvalue weighted by atomic mass is 16.6. The molecule has 0 aliphatic carbocycles. The Morgan fingerprint density at radius 3 is 1.29 bits per heavy atom. The summed E-state index contributed by atoms with van der Waals surface area (Å²) in [5.41, 5.74) is 13.7. The number of benzene rings is 8. The van der Waals surface area contributed by atoms with Crippen molar-refractivity contribution in [3.05, 3.63) is 204 Å². The maximum absolute atomic E-state index is 14.3. The van der Waals surface area contributed by atoms with Gasteiger partial charge in [0, 0.05) is 73.1 Å². The molecule has 4 saturated heterocycles. The largest absolute Gasteiger partial charge is 0.488 e. The zero-order chi connectivity index (χ0) is 97.8. The van der Waals surface area contributed by atoms with Crippen LogP contribution in [0.25, 0.3) is 88.4 Å². The first-order chi connectivity index (χ1) is 66.3. The summed E-state index contributed by atoms with van der Waals surface area (Å²) in [4.78, 5) is 155. The molecule has 9 N–H and O–H groups in total. The van der Waals surface area contributed by atoms with Gasteiger partial charge < -0.3 is 104 Å². The van der Waals surface area contributed by atoms with Crippen molar-refractivity contribution in [1.29, 1.82) is 0 Å². The van der Waals surface area contributed by atoms with Gasteiger partial charge in [0.1, 0.15) is 71.7 Å². The number of ether oxygens (including phenoxy) is 9. The van der Waals surface area contributed by atoms with Gasteiger partial charge in [0.2, 0.25) is 11.8 Å². The summed E-state index contributed by atoms with van der Waals surface area (Å²) in [6.45, 7) is 20.1. The first-order valence-electron chi connectivity index (χ1n) is 46.5. The van der Waals surface area contributed by atoms with Crippen molar-refractivity contribution in [1.82, 2.24) is 80.7 Å². The molecule has 35 heteroatoms. The fourth-order valence-corrected chi connectivity index (χ4v) is 19.8. The van der Waals surface area contributed by atoms with Gasteiger partial charge in [-0.15, -0.1) is 0 Å². The van der Waals surface area contributed by atoms with Crippen molar-refractivity contribution in [2.75, 3.05) is 69.0 Å². The fourth-order valence-electron chi connectivity index (χ4n) is 19.8. The third-order valence-corrected chi connectivity index (χ3v) is 26.6. The Labute approximate surface area is 805 Å². The van der Waals surface area contributed by atoms with Crippen molar-refractivity contribution >= 4 is 97.8 Å². The molecular weight excluding hydrogens is 1780 g/mol. The van der Waals surface area contributed by atoms with Gasteiger partial charge in [-0.2, -0.15) is 0 Å². The van der Waals surface area contributed by atoms with Crippen LogP contribution in [0.3, 0.4) is 0 Å². The summed E-state index contributed by atoms with van der Waals surface area (Å²) in [6, 6.07) is 42.1. The molecule has 18 rings (SSSR count). The van der Waals surface area contributed by atoms with E-state index in [4.69, 9.17) is 62.9 Å². The van der Waals surface area contributed by atoms with E-state index in [0.717, 1.165) is 155 Å². The summed E-state index contributed by atoms with van der Waals surface area (Å²) < 4.78 is 48.5. The van der Waals surface area contributed by atoms with Gasteiger partial charge in [-0.05, 0) is 189 Å². The third kappa shape index (κ3) is 21.0. The molecule has 4 fully saturated rings. The number of H-pyrrole nitrogens is 4. The molecule has 2 unspecified atom stereocenters. The number of likely N-dealkylation sites (tertiary alicyclic amines) is 4. The Kier molecular flexibility index (Phi) is 30.0. The van der Waals surface area contributed by atoms with E-state index in [1.54, 1.807) is 60.5 Å². The maximum Gasteiger partial charge on any atom is 0.410 e. The van der Waals surface area contributed by atoms with Crippen LogP contribution in [0, 0.1) is 23.7 Å². The smallest absolute Gasteiger partial charge is 0.410 e. The van der Waals surface area contributed by atoms with E-state index in [1.165, 1.54) is 28.4 Å². The minimum absolute atomic E-state index is 0. The Bertz CT molecular complexity index is 6550. The topological polar surface area (TPSA) is 433 Å². The molecule has 10 heterocycles. The van der Waals surface area contributed by atoms with Crippen LogP contribution in [0.2, 0.25) is 0 Å². The minimum atomic E-state index is -1.13. The molecule has 12 aromatic rings. The van der Waals surface area contributed by atoms with Crippen LogP contribution in [0.15, 0.2) is 158 Å². The van der Waals surface area contributed by atoms with Crippen molar-refractivity contribution < 1.29 is 90.9 Å². The highest BCUT2D eigenvalue weighted by Gasteiger charge is 2.47. The summed E-state index contributed by atoms with van der Waals surface area (Å²) in [6.07, 6.45) is 5.02. The standard InChI is InChI=1S/C49H54N8O8.C44H53N7O7.C10H11NO4.CH4/c1-26(2)41(54-48(60)63-5)47(59)57-27(3)12-17-38(57)45-51-36-16-14-30-20-35-33-15-13-31(19-32(33)25-65-40(35)21-34(30)43(36)53-45)37-22-50-44(52-37)39-18-28(24-62-4)23-56(39)46(58)42(55-49(61)64-6)29-10-8-7-9-11-29;1-23(2)37(49-42(53)56-8)41(52)51-24(3)9-14-34(51)40-46-32-13-11-26-17-31-29-12-10-27(16-28(29)22-57-36(31)18-30(26)38(32)48-40)33-19-45-39(47-33)35-15-25(21-55-7)20-50(35)43(54)58-44(4,5)6;1-15-10(14)11-8(9(12)13)7-5-3-2-4-6-7;/h7-11,13-16,19-22,26-28,38-39,41-42H,12,17-18,23-25H2,1-6H3,(H,50,52)(H,51,53)(H,54,60)(H,55,61);10-13,16-19,23-25,34-35,37H,9,14-15,20-22H2,1-8H3,(H,45,47)(H,46,48)(H,49,53);2-6,8H,1H3,(H,11,14)(H,12,13);1H4/t27-,28-,38-,39?,41-,42-;24-,25-,34-,35?,37-;8-;/m000./s1. The monoisotopic (exact) mass is 1900 g/mol. The van der Waals surface area contributed by atoms with Gasteiger partial charge in [-0.25, -0.2) is 48.7 Å². The van der Waals surface area contributed by atoms with E-state index in [0.29, 0.717) is 68.7 Å². The number of aromatic amines is 4. The van der Waals surface area contributed by atoms with Crippen molar-refractivity contribution in [2.24, 2.45) is 23.7 Å². The maximum atomic E-state index is 14.3. The summed E-state index contributed by atoms with van der Waals surface area (Å²) >= 11 is 0. The number of carbonyl (C=O) groups excluding carboxylic acids is 8. The first-order valence-corrected chi connectivity index (χ1v) is 46.5. The molecular formula is C104H122N16O19. The van der Waals surface area contributed by atoms with Crippen LogP contribution in [-0.4, -0.2) is 217 Å². The van der Waals surface area contributed by atoms with Crippen LogP contribution >= 0.6 is 0 Å². The number of carboxylic acid groups (broad SMARTS) is 1. The number of hydrogen-bond donors (Lipinski definition) is 9. The van der Waals surface area contributed by atoms with Crippen LogP contribution < -0.4 is 30.7 Å². The van der Waals surface area contributed by atoms with E-state index in [9.17, 15) is 43.2 Å². The lowest BCUT2D eigenvalue weighted by Gasteiger charge is -2.32. The number of amides is 8. The van der Waals surface area contributed by atoms with Gasteiger partial charge in [0.05, 0.1) is 112 Å². The molecule has 732 valence electrons. The predicted octanol–water partition coefficient (Wildman–Crippen LogP) is 17.6. The second-order valence-corrected chi connectivity index (χ2v) is 37.6. The van der Waals surface area contributed by atoms with E-state index in [-0.39, 0.29) is 91.2 Å². The lowest BCUT2D eigenvalue weighted by Crippen LogP contribution is -2.52. The van der Waals surface area contributed by atoms with Gasteiger partial charge in [-0.3, -0.25) is 19.3 Å². The summed E-state index contributed by atoms with van der Waals surface area (Å²) in [5, 5.41) is 23.3. The van der Waals surface area contributed by atoms with Crippen LogP contribution in [0.4, 0.5) is 24.0 Å². The summed E-state index contributed by atoms with van der Waals surface area (Å²) in [7, 11) is 8.38. The number of imidazole rings is 4. The molecule has 0 radical (unpaired) electrons. The Morgan fingerprint density at radius 1 is 0.468 bits per heavy atom. The molecule has 6 aliphatic heterocycles. The van der Waals surface area contributed by atoms with Crippen LogP contribution in [0.1, 0.15) is 190 Å². The second kappa shape index (κ2) is 42.2. The normalized spacial score (nSPS) is 19.3. The minimum Gasteiger partial charge on any atom is -0.488 e. The molecule has 0 bridgehead atoms. The molecule has 8 aromatic carbocycles. The van der Waals surface area contributed by atoms with Crippen molar-refractivity contribution in [2.45, 2.75) is 187 Å². The molecule has 4 aromatic heterocycles. The number of nitrogens with zero attached hydrogens (tertiary/aromatic N) is 8. The van der Waals surface area contributed by atoms with Gasteiger partial charge in [0.25, 0.3) is 5.91 Å². The van der Waals surface area contributed by atoms with Gasteiger partial charge >= 0.3 is 36.4 Å². The predicted molar refractivity (Wildman–Crippen MR) is 521 cm³/mol. The van der Waals surface area contributed by atoms with E-state index < -0.39 is 60.1 Å². The zero-order valence-corrected chi connectivity index (χ0v) is 80.0. The number of alkyl carbamates (subject to hydrolysis) is 4. The molecule has 6 aliphatic rings. The molecule has 0 saturated carbocycles. The zero-order valence-electron chi connectivity index (χ0n) is 80.0. The number of fused-ring (bicyclic) bond motifs is 12. The van der Waals surface area contributed by atoms with Crippen LogP contribution in [0.5, 0.6) is 11.5 Å². The lowest BCUT2D eigenvalue weighted by atomic mass is 9.92. The average Bonchev–Trinajstić information content (AvgIpc) is 1.70. The number of aliphatic carboxylic acids is 1. The number of carbonyl (C=O) groups is 9. The van der Waals surface area contributed by atoms with E-state index >= 15 is 0 Å². The number of methoxy groups -OCH3 is 6. The molecule has 139 heavy (non-hydrogen) atoms. The SMILES string of the molecule is C.COC(=O)N[C@H](C(=O)O)c1ccccc1.COC[C@H]1CC(c2ncc(-c3ccc4c(c3)COc3cc5c(ccc6[nH]c([C@@H]7CC[C@H](C)N7C(=O)[C@@H](NC(=O)OC)C(C)C)nc65)cc3-4)[nH]2)N(C(=O)OC(C)(C)C)C1.COC[C@H]1CC(c2ncc(-c3ccc4c(c3)COc3cc5c(ccc6[nH]c([C@@H]7CC[C@H](C)N7C(=O)[C@@H](NC(=O)OC)C(C)C)nc65)cc3-4)[nH]2)N(C(=O)[C@@H](NC(=O)OC)c2ccccc2)C1. The Hall–Kier alpha value is -14.6. The van der Waals surface area contributed by atoms with Crippen molar-refractivity contribution in [3.63, 3.8) is 0 Å². The second-order valence-electron chi connectivity index (χ2n) is 37.6. The van der Waals surface area contributed by atoms with Crippen LogP contribution in [-0.2, 0) is 65.5 Å². The third-order valence-electron chi connectivity index (χ3n) is 26.6. The Morgan fingerprint density at radius 2 is 0.878 bits per heavy atom. The molecule has 0 spiro atoms. The van der Waals surface area contributed by atoms with Gasteiger partial charge in [0.15, 0.2) is 6.04 Å². The number of carboxylic acids is 1. The molecule has 12 atom stereocenters. The van der Waals surface area contributed by atoms with E-state index in [1.807, 2.05) is 121 Å².